The standard InChI is InChI=1S/C24H19BrN2O3S/c1-2-14-26-22(28)20(23(29)27(24(26)31)18-6-4-3-5-7-18)15-19-12-13-21(30-19)16-8-10-17(25)11-9-16/h3-13,15H,2,14H2,1H3. The number of amides is 2. The third-order valence-electron chi connectivity index (χ3n) is 4.83. The van der Waals surface area contributed by atoms with Gasteiger partial charge in [-0.2, -0.15) is 0 Å². The summed E-state index contributed by atoms with van der Waals surface area (Å²) in [7, 11) is 0. The molecule has 0 bridgehead atoms. The number of para-hydroxylation sites is 1. The van der Waals surface area contributed by atoms with Crippen LogP contribution in [0.3, 0.4) is 0 Å². The van der Waals surface area contributed by atoms with Crippen molar-refractivity contribution in [3.05, 3.63) is 82.5 Å². The number of benzene rings is 2. The molecule has 31 heavy (non-hydrogen) atoms. The van der Waals surface area contributed by atoms with Crippen LogP contribution in [0.5, 0.6) is 0 Å². The molecule has 3 aromatic rings. The highest BCUT2D eigenvalue weighted by Gasteiger charge is 2.40. The summed E-state index contributed by atoms with van der Waals surface area (Å²) in [5, 5.41) is 0.190. The highest BCUT2D eigenvalue weighted by molar-refractivity contribution is 9.10. The zero-order valence-electron chi connectivity index (χ0n) is 16.7. The van der Waals surface area contributed by atoms with E-state index in [-0.39, 0.29) is 10.7 Å². The molecule has 5 nitrogen and oxygen atoms in total. The smallest absolute Gasteiger partial charge is 0.270 e. The molecule has 2 heterocycles. The maximum absolute atomic E-state index is 13.3. The number of thiocarbonyl (C=S) groups is 1. The number of hydrogen-bond acceptors (Lipinski definition) is 4. The lowest BCUT2D eigenvalue weighted by atomic mass is 10.1. The molecule has 4 rings (SSSR count). The van der Waals surface area contributed by atoms with E-state index in [0.717, 1.165) is 10.0 Å². The largest absolute Gasteiger partial charge is 0.457 e. The molecule has 0 aliphatic carbocycles. The second-order valence-corrected chi connectivity index (χ2v) is 8.26. The molecule has 0 saturated carbocycles. The van der Waals surface area contributed by atoms with Crippen molar-refractivity contribution in [1.82, 2.24) is 4.90 Å². The molecule has 2 aromatic carbocycles. The summed E-state index contributed by atoms with van der Waals surface area (Å²) >= 11 is 8.92. The van der Waals surface area contributed by atoms with Crippen molar-refractivity contribution in [2.24, 2.45) is 0 Å². The molecule has 1 fully saturated rings. The monoisotopic (exact) mass is 494 g/mol. The van der Waals surface area contributed by atoms with Crippen LogP contribution in [0.2, 0.25) is 0 Å². The zero-order valence-corrected chi connectivity index (χ0v) is 19.2. The lowest BCUT2D eigenvalue weighted by Crippen LogP contribution is -2.56. The van der Waals surface area contributed by atoms with Gasteiger partial charge in [0.05, 0.1) is 5.69 Å². The van der Waals surface area contributed by atoms with Gasteiger partial charge in [-0.1, -0.05) is 53.2 Å². The quantitative estimate of drug-likeness (QED) is 0.260. The van der Waals surface area contributed by atoms with Crippen molar-refractivity contribution < 1.29 is 14.0 Å². The average Bonchev–Trinajstić information content (AvgIpc) is 3.24. The lowest BCUT2D eigenvalue weighted by Gasteiger charge is -2.36. The maximum atomic E-state index is 13.3. The fourth-order valence-electron chi connectivity index (χ4n) is 3.34. The molecule has 156 valence electrons. The molecule has 2 amide bonds. The number of halogens is 1. The van der Waals surface area contributed by atoms with Gasteiger partial charge in [-0.05, 0) is 61.1 Å². The SMILES string of the molecule is CCCN1C(=O)C(=Cc2ccc(-c3ccc(Br)cc3)o2)C(=O)N(c2ccccc2)C1=S. The van der Waals surface area contributed by atoms with E-state index in [2.05, 4.69) is 15.9 Å². The molecular weight excluding hydrogens is 476 g/mol. The van der Waals surface area contributed by atoms with Crippen molar-refractivity contribution in [1.29, 1.82) is 0 Å². The van der Waals surface area contributed by atoms with Gasteiger partial charge in [0.15, 0.2) is 5.11 Å². The minimum atomic E-state index is -0.463. The van der Waals surface area contributed by atoms with Gasteiger partial charge in [0.1, 0.15) is 17.1 Å². The molecular formula is C24H19BrN2O3S. The first kappa shape index (κ1) is 21.2. The first-order valence-electron chi connectivity index (χ1n) is 9.82. The molecule has 1 aromatic heterocycles. The van der Waals surface area contributed by atoms with Crippen LogP contribution >= 0.6 is 28.1 Å². The summed E-state index contributed by atoms with van der Waals surface area (Å²) in [6, 6.07) is 20.4. The third-order valence-corrected chi connectivity index (χ3v) is 5.77. The number of anilines is 1. The molecule has 7 heteroatoms. The predicted octanol–water partition coefficient (Wildman–Crippen LogP) is 5.66. The second kappa shape index (κ2) is 8.99. The van der Waals surface area contributed by atoms with Gasteiger partial charge in [-0.25, -0.2) is 0 Å². The number of hydrogen-bond donors (Lipinski definition) is 0. The molecule has 0 radical (unpaired) electrons. The highest BCUT2D eigenvalue weighted by atomic mass is 79.9. The molecule has 1 saturated heterocycles. The Morgan fingerprint density at radius 2 is 1.68 bits per heavy atom. The summed E-state index contributed by atoms with van der Waals surface area (Å²) in [6.07, 6.45) is 2.21. The summed E-state index contributed by atoms with van der Waals surface area (Å²) in [4.78, 5) is 29.3. The van der Waals surface area contributed by atoms with Crippen LogP contribution in [-0.2, 0) is 9.59 Å². The van der Waals surface area contributed by atoms with Crippen LogP contribution in [0.25, 0.3) is 17.4 Å². The summed E-state index contributed by atoms with van der Waals surface area (Å²) in [6.45, 7) is 2.38. The van der Waals surface area contributed by atoms with E-state index < -0.39 is 11.8 Å². The van der Waals surface area contributed by atoms with Crippen LogP contribution < -0.4 is 4.90 Å². The van der Waals surface area contributed by atoms with Gasteiger partial charge in [0.25, 0.3) is 11.8 Å². The molecule has 1 aliphatic heterocycles. The third kappa shape index (κ3) is 4.24. The molecule has 1 aliphatic rings. The summed E-state index contributed by atoms with van der Waals surface area (Å²) < 4.78 is 6.87. The second-order valence-electron chi connectivity index (χ2n) is 6.98. The Morgan fingerprint density at radius 1 is 0.968 bits per heavy atom. The zero-order chi connectivity index (χ0) is 22.0. The van der Waals surface area contributed by atoms with E-state index >= 15 is 0 Å². The lowest BCUT2D eigenvalue weighted by molar-refractivity contribution is -0.127. The van der Waals surface area contributed by atoms with Gasteiger partial charge in [-0.15, -0.1) is 0 Å². The van der Waals surface area contributed by atoms with Gasteiger partial charge < -0.3 is 4.42 Å². The first-order chi connectivity index (χ1) is 15.0. The Bertz CT molecular complexity index is 1170. The van der Waals surface area contributed by atoms with Gasteiger partial charge in [0.2, 0.25) is 0 Å². The Kier molecular flexibility index (Phi) is 6.15. The highest BCUT2D eigenvalue weighted by Crippen LogP contribution is 2.28. The van der Waals surface area contributed by atoms with Crippen molar-refractivity contribution in [3.63, 3.8) is 0 Å². The number of carbonyl (C=O) groups is 2. The van der Waals surface area contributed by atoms with Crippen LogP contribution in [0.4, 0.5) is 5.69 Å². The van der Waals surface area contributed by atoms with Gasteiger partial charge in [-0.3, -0.25) is 19.4 Å². The minimum absolute atomic E-state index is 0.0163. The average molecular weight is 495 g/mol. The fraction of sp³-hybridized carbons (Fsp3) is 0.125. The summed E-state index contributed by atoms with van der Waals surface area (Å²) in [5.41, 5.74) is 1.53. The number of furan rings is 1. The van der Waals surface area contributed by atoms with Crippen molar-refractivity contribution in [2.75, 3.05) is 11.4 Å². The van der Waals surface area contributed by atoms with Crippen LogP contribution in [-0.4, -0.2) is 28.4 Å². The van der Waals surface area contributed by atoms with Crippen LogP contribution in [0.15, 0.2) is 81.2 Å². The number of nitrogens with zero attached hydrogens (tertiary/aromatic N) is 2. The Morgan fingerprint density at radius 3 is 2.35 bits per heavy atom. The van der Waals surface area contributed by atoms with Gasteiger partial charge >= 0.3 is 0 Å². The summed E-state index contributed by atoms with van der Waals surface area (Å²) in [5.74, 6) is 0.198. The number of rotatable bonds is 5. The van der Waals surface area contributed by atoms with Gasteiger partial charge in [0, 0.05) is 16.6 Å². The number of carbonyl (C=O) groups excluding carboxylic acids is 2. The topological polar surface area (TPSA) is 53.8 Å². The van der Waals surface area contributed by atoms with E-state index in [1.165, 1.54) is 15.9 Å². The Labute approximate surface area is 194 Å². The fourth-order valence-corrected chi connectivity index (χ4v) is 3.97. The van der Waals surface area contributed by atoms with Crippen LogP contribution in [0, 0.1) is 0 Å². The van der Waals surface area contributed by atoms with E-state index in [1.807, 2.05) is 55.5 Å². The molecule has 0 unspecified atom stereocenters. The molecule has 0 spiro atoms. The van der Waals surface area contributed by atoms with E-state index in [0.29, 0.717) is 30.2 Å². The van der Waals surface area contributed by atoms with Crippen molar-refractivity contribution >= 4 is 56.8 Å². The maximum Gasteiger partial charge on any atom is 0.270 e. The molecule has 0 N–H and O–H groups in total. The Balaban J connectivity index is 1.72. The normalized spacial score (nSPS) is 15.8. The minimum Gasteiger partial charge on any atom is -0.457 e. The molecule has 0 atom stereocenters. The van der Waals surface area contributed by atoms with E-state index in [1.54, 1.807) is 18.2 Å². The first-order valence-corrected chi connectivity index (χ1v) is 11.0. The van der Waals surface area contributed by atoms with Crippen molar-refractivity contribution in [3.8, 4) is 11.3 Å². The van der Waals surface area contributed by atoms with E-state index in [4.69, 9.17) is 16.6 Å². The van der Waals surface area contributed by atoms with E-state index in [9.17, 15) is 9.59 Å². The Hall–Kier alpha value is -3.03. The van der Waals surface area contributed by atoms with Crippen LogP contribution in [0.1, 0.15) is 19.1 Å². The predicted molar refractivity (Wildman–Crippen MR) is 128 cm³/mol. The van der Waals surface area contributed by atoms with Crippen molar-refractivity contribution in [2.45, 2.75) is 13.3 Å².